The molecule has 1 nitrogen and oxygen atoms in total. The van der Waals surface area contributed by atoms with Crippen molar-refractivity contribution in [3.05, 3.63) is 0 Å². The van der Waals surface area contributed by atoms with E-state index in [1.807, 2.05) is 0 Å². The van der Waals surface area contributed by atoms with Gasteiger partial charge in [0.15, 0.2) is 0 Å². The molecule has 0 unspecified atom stereocenters. The Morgan fingerprint density at radius 3 is 2.20 bits per heavy atom. The second-order valence-electron chi connectivity index (χ2n) is 3.42. The van der Waals surface area contributed by atoms with Crippen LogP contribution in [0, 0.1) is 5.92 Å². The summed E-state index contributed by atoms with van der Waals surface area (Å²) in [6, 6.07) is 0. The van der Waals surface area contributed by atoms with Gasteiger partial charge in [0.25, 0.3) is 0 Å². The van der Waals surface area contributed by atoms with Crippen LogP contribution in [0.2, 0.25) is 0 Å². The van der Waals surface area contributed by atoms with Gasteiger partial charge in [-0.1, -0.05) is 37.0 Å². The molecule has 0 aromatic carbocycles. The highest BCUT2D eigenvalue weighted by atomic mass is 35.5. The molecule has 0 aromatic heterocycles. The van der Waals surface area contributed by atoms with E-state index in [9.17, 15) is 0 Å². The Kier molecular flexibility index (Phi) is 2.49. The molecular formula is C7H13Cl2N. The van der Waals surface area contributed by atoms with Crippen LogP contribution in [0.4, 0.5) is 0 Å². The van der Waals surface area contributed by atoms with Gasteiger partial charge in [0.1, 0.15) is 4.33 Å². The van der Waals surface area contributed by atoms with Crippen molar-refractivity contribution in [3.63, 3.8) is 0 Å². The lowest BCUT2D eigenvalue weighted by Gasteiger charge is -2.42. The molecule has 0 saturated carbocycles. The Morgan fingerprint density at radius 2 is 1.90 bits per heavy atom. The van der Waals surface area contributed by atoms with Gasteiger partial charge >= 0.3 is 0 Å². The fourth-order valence-electron chi connectivity index (χ4n) is 1.25. The smallest absolute Gasteiger partial charge is 0.143 e. The van der Waals surface area contributed by atoms with Crippen molar-refractivity contribution in [2.24, 2.45) is 5.92 Å². The number of nitrogens with zero attached hydrogens (tertiary/aromatic N) is 1. The molecule has 1 fully saturated rings. The normalized spacial score (nSPS) is 24.9. The van der Waals surface area contributed by atoms with Gasteiger partial charge in [-0.2, -0.15) is 0 Å². The molecule has 60 valence electrons. The number of hydrogen-bond acceptors (Lipinski definition) is 1. The van der Waals surface area contributed by atoms with Gasteiger partial charge in [-0.25, -0.2) is 0 Å². The molecule has 0 amide bonds. The number of alkyl halides is 2. The molecule has 0 aliphatic carbocycles. The number of halogens is 2. The van der Waals surface area contributed by atoms with E-state index in [1.165, 1.54) is 0 Å². The molecular weight excluding hydrogens is 169 g/mol. The van der Waals surface area contributed by atoms with E-state index in [4.69, 9.17) is 23.2 Å². The summed E-state index contributed by atoms with van der Waals surface area (Å²) in [4.78, 5) is 2.27. The first-order valence-corrected chi connectivity index (χ1v) is 4.35. The molecule has 1 aliphatic heterocycles. The van der Waals surface area contributed by atoms with Gasteiger partial charge < -0.3 is 0 Å². The van der Waals surface area contributed by atoms with E-state index in [0.29, 0.717) is 5.92 Å². The predicted molar refractivity (Wildman–Crippen MR) is 45.7 cm³/mol. The van der Waals surface area contributed by atoms with Gasteiger partial charge in [-0.3, -0.25) is 4.90 Å². The Labute approximate surface area is 72.3 Å². The minimum Gasteiger partial charge on any atom is -0.297 e. The summed E-state index contributed by atoms with van der Waals surface area (Å²) in [5, 5.41) is 0. The quantitative estimate of drug-likeness (QED) is 0.591. The molecule has 0 N–H and O–H groups in total. The fourth-order valence-corrected chi connectivity index (χ4v) is 1.93. The first kappa shape index (κ1) is 8.63. The second kappa shape index (κ2) is 2.88. The van der Waals surface area contributed by atoms with Crippen LogP contribution in [0.1, 0.15) is 13.8 Å². The highest BCUT2D eigenvalue weighted by Gasteiger charge is 2.38. The Morgan fingerprint density at radius 1 is 1.40 bits per heavy atom. The van der Waals surface area contributed by atoms with E-state index in [2.05, 4.69) is 18.7 Å². The van der Waals surface area contributed by atoms with E-state index in [-0.39, 0.29) is 0 Å². The van der Waals surface area contributed by atoms with Crippen LogP contribution in [-0.2, 0) is 0 Å². The van der Waals surface area contributed by atoms with Gasteiger partial charge in [0, 0.05) is 19.6 Å². The number of hydrogen-bond donors (Lipinski definition) is 0. The summed E-state index contributed by atoms with van der Waals surface area (Å²) in [7, 11) is 0. The van der Waals surface area contributed by atoms with Crippen molar-refractivity contribution in [3.8, 4) is 0 Å². The average Bonchev–Trinajstić information content (AvgIpc) is 1.57. The Hall–Kier alpha value is 0.540. The maximum absolute atomic E-state index is 5.81. The van der Waals surface area contributed by atoms with Crippen molar-refractivity contribution in [1.29, 1.82) is 0 Å². The molecule has 1 rings (SSSR count). The van der Waals surface area contributed by atoms with E-state index in [0.717, 1.165) is 19.6 Å². The van der Waals surface area contributed by atoms with Crippen LogP contribution in [0.3, 0.4) is 0 Å². The zero-order chi connectivity index (χ0) is 7.78. The highest BCUT2D eigenvalue weighted by molar-refractivity contribution is 6.49. The van der Waals surface area contributed by atoms with Crippen LogP contribution in [0.25, 0.3) is 0 Å². The second-order valence-corrected chi connectivity index (χ2v) is 5.06. The molecule has 3 heteroatoms. The summed E-state index contributed by atoms with van der Waals surface area (Å²) in [5.74, 6) is 0.712. The lowest BCUT2D eigenvalue weighted by Crippen LogP contribution is -2.55. The lowest BCUT2D eigenvalue weighted by atomic mass is 10.1. The molecule has 0 bridgehead atoms. The third-order valence-electron chi connectivity index (χ3n) is 1.53. The van der Waals surface area contributed by atoms with Gasteiger partial charge in [0.05, 0.1) is 0 Å². The number of rotatable bonds is 2. The SMILES string of the molecule is CC(C)CN1CC(Cl)(Cl)C1. The monoisotopic (exact) mass is 181 g/mol. The van der Waals surface area contributed by atoms with Gasteiger partial charge in [-0.15, -0.1) is 0 Å². The summed E-state index contributed by atoms with van der Waals surface area (Å²) in [6.45, 7) is 7.16. The van der Waals surface area contributed by atoms with Crippen molar-refractivity contribution in [1.82, 2.24) is 4.90 Å². The van der Waals surface area contributed by atoms with Crippen LogP contribution < -0.4 is 0 Å². The van der Waals surface area contributed by atoms with Crippen LogP contribution in [0.5, 0.6) is 0 Å². The zero-order valence-corrected chi connectivity index (χ0v) is 7.91. The predicted octanol–water partition coefficient (Wildman–Crippen LogP) is 2.13. The molecule has 0 spiro atoms. The van der Waals surface area contributed by atoms with Crippen LogP contribution in [0.15, 0.2) is 0 Å². The third kappa shape index (κ3) is 2.30. The van der Waals surface area contributed by atoms with Crippen molar-refractivity contribution < 1.29 is 0 Å². The standard InChI is InChI=1S/C7H13Cl2N/c1-6(2)3-10-4-7(8,9)5-10/h6H,3-5H2,1-2H3. The van der Waals surface area contributed by atoms with E-state index in [1.54, 1.807) is 0 Å². The molecule has 0 aromatic rings. The van der Waals surface area contributed by atoms with E-state index < -0.39 is 4.33 Å². The summed E-state index contributed by atoms with van der Waals surface area (Å²) < 4.78 is -0.450. The summed E-state index contributed by atoms with van der Waals surface area (Å²) in [6.07, 6.45) is 0. The van der Waals surface area contributed by atoms with Crippen molar-refractivity contribution in [2.45, 2.75) is 18.2 Å². The molecule has 10 heavy (non-hydrogen) atoms. The molecule has 1 aliphatic rings. The summed E-state index contributed by atoms with van der Waals surface area (Å²) in [5.41, 5.74) is 0. The van der Waals surface area contributed by atoms with Crippen molar-refractivity contribution in [2.75, 3.05) is 19.6 Å². The lowest BCUT2D eigenvalue weighted by molar-refractivity contribution is 0.148. The average molecular weight is 182 g/mol. The maximum atomic E-state index is 5.81. The minimum absolute atomic E-state index is 0.450. The zero-order valence-electron chi connectivity index (χ0n) is 6.40. The molecule has 0 radical (unpaired) electrons. The number of likely N-dealkylation sites (tertiary alicyclic amines) is 1. The summed E-state index contributed by atoms with van der Waals surface area (Å²) >= 11 is 11.6. The molecule has 1 heterocycles. The first-order chi connectivity index (χ1) is 4.49. The topological polar surface area (TPSA) is 3.24 Å². The van der Waals surface area contributed by atoms with Gasteiger partial charge in [-0.05, 0) is 5.92 Å². The molecule has 0 atom stereocenters. The Bertz CT molecular complexity index is 112. The van der Waals surface area contributed by atoms with Gasteiger partial charge in [0.2, 0.25) is 0 Å². The first-order valence-electron chi connectivity index (χ1n) is 3.60. The van der Waals surface area contributed by atoms with Crippen molar-refractivity contribution >= 4 is 23.2 Å². The Balaban J connectivity index is 2.15. The fraction of sp³-hybridized carbons (Fsp3) is 1.00. The maximum Gasteiger partial charge on any atom is 0.143 e. The van der Waals surface area contributed by atoms with Crippen LogP contribution in [-0.4, -0.2) is 28.9 Å². The largest absolute Gasteiger partial charge is 0.297 e. The van der Waals surface area contributed by atoms with Crippen LogP contribution >= 0.6 is 23.2 Å². The molecule has 1 saturated heterocycles. The van der Waals surface area contributed by atoms with E-state index >= 15 is 0 Å². The third-order valence-corrected chi connectivity index (χ3v) is 2.01. The minimum atomic E-state index is -0.450. The highest BCUT2D eigenvalue weighted by Crippen LogP contribution is 2.32.